The molecule has 0 bridgehead atoms. The summed E-state index contributed by atoms with van der Waals surface area (Å²) in [6.07, 6.45) is 0. The van der Waals surface area contributed by atoms with Gasteiger partial charge in [-0.1, -0.05) is 48.5 Å². The van der Waals surface area contributed by atoms with Crippen LogP contribution < -0.4 is 0 Å². The van der Waals surface area contributed by atoms with E-state index in [2.05, 4.69) is 87.7 Å². The average molecular weight is 345 g/mol. The van der Waals surface area contributed by atoms with Gasteiger partial charge in [0.15, 0.2) is 0 Å². The predicted molar refractivity (Wildman–Crippen MR) is 115 cm³/mol. The van der Waals surface area contributed by atoms with E-state index in [1.54, 1.807) is 0 Å². The van der Waals surface area contributed by atoms with Crippen LogP contribution in [0.2, 0.25) is 0 Å². The largest absolute Gasteiger partial charge is 0.354 e. The lowest BCUT2D eigenvalue weighted by atomic mass is 10.1. The van der Waals surface area contributed by atoms with Crippen molar-refractivity contribution < 1.29 is 0 Å². The highest BCUT2D eigenvalue weighted by Crippen LogP contribution is 2.37. The molecule has 3 aromatic heterocycles. The zero-order valence-electron chi connectivity index (χ0n) is 14.4. The Kier molecular flexibility index (Phi) is 2.25. The summed E-state index contributed by atoms with van der Waals surface area (Å²) in [4.78, 5) is 10.8. The van der Waals surface area contributed by atoms with Crippen LogP contribution in [0.15, 0.2) is 72.8 Å². The third-order valence-corrected chi connectivity index (χ3v) is 5.88. The highest BCUT2D eigenvalue weighted by atomic mass is 14.8. The maximum atomic E-state index is 3.67. The Bertz CT molecular complexity index is 1670. The van der Waals surface area contributed by atoms with Crippen LogP contribution in [0.4, 0.5) is 0 Å². The molecule has 3 heteroatoms. The summed E-state index contributed by atoms with van der Waals surface area (Å²) in [5, 5.41) is 7.61. The van der Waals surface area contributed by atoms with E-state index in [1.807, 2.05) is 0 Å². The van der Waals surface area contributed by atoms with Crippen molar-refractivity contribution in [2.24, 2.45) is 0 Å². The van der Waals surface area contributed by atoms with E-state index >= 15 is 0 Å². The van der Waals surface area contributed by atoms with E-state index < -0.39 is 0 Å². The van der Waals surface area contributed by atoms with Crippen LogP contribution >= 0.6 is 0 Å². The zero-order chi connectivity index (χ0) is 17.5. The Morgan fingerprint density at radius 3 is 1.67 bits per heavy atom. The molecule has 0 fully saturated rings. The van der Waals surface area contributed by atoms with Gasteiger partial charge in [-0.3, -0.25) is 0 Å². The SMILES string of the molecule is c1ccc2c(c1)[nH]c1cc3[nH]c4c(ccc5c6ccccc6[nH]c54)c3cc12. The van der Waals surface area contributed by atoms with E-state index in [4.69, 9.17) is 0 Å². The van der Waals surface area contributed by atoms with Gasteiger partial charge in [-0.15, -0.1) is 0 Å². The molecule has 0 atom stereocenters. The molecular weight excluding hydrogens is 330 g/mol. The summed E-state index contributed by atoms with van der Waals surface area (Å²) < 4.78 is 0. The Morgan fingerprint density at radius 1 is 0.370 bits per heavy atom. The quantitative estimate of drug-likeness (QED) is 0.278. The molecule has 0 spiro atoms. The fraction of sp³-hybridized carbons (Fsp3) is 0. The standard InChI is InChI=1S/C24H15N3/c1-4-8-20-13(5-1)15-9-10-16-18-11-17-14-6-2-3-7-19(14)25-21(17)12-22(18)27-24(16)23(15)26-20/h1-12,25-27H. The summed E-state index contributed by atoms with van der Waals surface area (Å²) in [5.74, 6) is 0. The molecule has 0 saturated heterocycles. The first-order valence-corrected chi connectivity index (χ1v) is 9.22. The monoisotopic (exact) mass is 345 g/mol. The minimum atomic E-state index is 1.16. The van der Waals surface area contributed by atoms with Gasteiger partial charge in [0.25, 0.3) is 0 Å². The molecule has 0 aliphatic heterocycles. The van der Waals surface area contributed by atoms with Gasteiger partial charge in [-0.05, 0) is 24.3 Å². The van der Waals surface area contributed by atoms with Gasteiger partial charge in [0.05, 0.1) is 11.0 Å². The molecule has 4 aromatic carbocycles. The summed E-state index contributed by atoms with van der Waals surface area (Å²) >= 11 is 0. The predicted octanol–water partition coefficient (Wildman–Crippen LogP) is 6.59. The fourth-order valence-electron chi connectivity index (χ4n) is 4.63. The number of benzene rings is 4. The fourth-order valence-corrected chi connectivity index (χ4v) is 4.63. The number of aromatic nitrogens is 3. The van der Waals surface area contributed by atoms with Gasteiger partial charge >= 0.3 is 0 Å². The number of hydrogen-bond donors (Lipinski definition) is 3. The van der Waals surface area contributed by atoms with E-state index in [1.165, 1.54) is 59.9 Å². The summed E-state index contributed by atoms with van der Waals surface area (Å²) in [6.45, 7) is 0. The maximum absolute atomic E-state index is 3.67. The van der Waals surface area contributed by atoms with Crippen LogP contribution in [0.5, 0.6) is 0 Å². The van der Waals surface area contributed by atoms with Crippen LogP contribution in [0.1, 0.15) is 0 Å². The minimum Gasteiger partial charge on any atom is -0.354 e. The smallest absolute Gasteiger partial charge is 0.0710 e. The summed E-state index contributed by atoms with van der Waals surface area (Å²) in [5.41, 5.74) is 7.05. The third kappa shape index (κ3) is 1.62. The van der Waals surface area contributed by atoms with Gasteiger partial charge in [-0.25, -0.2) is 0 Å². The van der Waals surface area contributed by atoms with Crippen LogP contribution in [-0.4, -0.2) is 15.0 Å². The number of para-hydroxylation sites is 2. The second kappa shape index (κ2) is 4.51. The highest BCUT2D eigenvalue weighted by Gasteiger charge is 2.13. The minimum absolute atomic E-state index is 1.16. The number of H-pyrrole nitrogens is 3. The van der Waals surface area contributed by atoms with Crippen LogP contribution in [0.25, 0.3) is 65.4 Å². The molecule has 0 amide bonds. The van der Waals surface area contributed by atoms with Crippen molar-refractivity contribution in [3.05, 3.63) is 72.8 Å². The molecule has 3 heterocycles. The first kappa shape index (κ1) is 13.5. The molecule has 0 radical (unpaired) electrons. The third-order valence-electron chi connectivity index (χ3n) is 5.88. The van der Waals surface area contributed by atoms with Crippen molar-refractivity contribution >= 4 is 65.4 Å². The second-order valence-corrected chi connectivity index (χ2v) is 7.32. The van der Waals surface area contributed by atoms with Gasteiger partial charge in [0, 0.05) is 54.4 Å². The number of hydrogen-bond acceptors (Lipinski definition) is 0. The topological polar surface area (TPSA) is 47.4 Å². The zero-order valence-corrected chi connectivity index (χ0v) is 14.4. The number of aromatic amines is 3. The van der Waals surface area contributed by atoms with Crippen molar-refractivity contribution in [1.82, 2.24) is 15.0 Å². The van der Waals surface area contributed by atoms with Crippen molar-refractivity contribution in [3.8, 4) is 0 Å². The molecule has 3 N–H and O–H groups in total. The molecule has 3 nitrogen and oxygen atoms in total. The van der Waals surface area contributed by atoms with E-state index in [-0.39, 0.29) is 0 Å². The molecule has 27 heavy (non-hydrogen) atoms. The lowest BCUT2D eigenvalue weighted by Gasteiger charge is -1.95. The van der Waals surface area contributed by atoms with Gasteiger partial charge < -0.3 is 15.0 Å². The Morgan fingerprint density at radius 2 is 0.889 bits per heavy atom. The first-order valence-electron chi connectivity index (χ1n) is 9.22. The summed E-state index contributed by atoms with van der Waals surface area (Å²) in [6, 6.07) is 26.0. The van der Waals surface area contributed by atoms with E-state index in [9.17, 15) is 0 Å². The first-order chi connectivity index (χ1) is 13.4. The number of rotatable bonds is 0. The highest BCUT2D eigenvalue weighted by molar-refractivity contribution is 6.24. The van der Waals surface area contributed by atoms with Crippen LogP contribution in [-0.2, 0) is 0 Å². The molecule has 0 saturated carbocycles. The molecule has 0 aliphatic carbocycles. The molecule has 7 rings (SSSR count). The van der Waals surface area contributed by atoms with E-state index in [0.717, 1.165) is 5.52 Å². The molecule has 126 valence electrons. The Hall–Kier alpha value is -3.72. The molecular formula is C24H15N3. The molecule has 0 aliphatic rings. The van der Waals surface area contributed by atoms with Crippen molar-refractivity contribution in [1.29, 1.82) is 0 Å². The average Bonchev–Trinajstić information content (AvgIpc) is 3.36. The number of nitrogens with one attached hydrogen (secondary N) is 3. The Balaban J connectivity index is 1.68. The lowest BCUT2D eigenvalue weighted by Crippen LogP contribution is -1.72. The van der Waals surface area contributed by atoms with Crippen molar-refractivity contribution in [2.75, 3.05) is 0 Å². The van der Waals surface area contributed by atoms with Gasteiger partial charge in [0.2, 0.25) is 0 Å². The molecule has 7 aromatic rings. The van der Waals surface area contributed by atoms with Crippen LogP contribution in [0, 0.1) is 0 Å². The molecule has 0 unspecified atom stereocenters. The normalized spacial score (nSPS) is 12.4. The van der Waals surface area contributed by atoms with Crippen LogP contribution in [0.3, 0.4) is 0 Å². The number of fused-ring (bicyclic) bond motifs is 10. The maximum Gasteiger partial charge on any atom is 0.0710 e. The van der Waals surface area contributed by atoms with Crippen molar-refractivity contribution in [3.63, 3.8) is 0 Å². The van der Waals surface area contributed by atoms with Crippen molar-refractivity contribution in [2.45, 2.75) is 0 Å². The van der Waals surface area contributed by atoms with E-state index in [0.29, 0.717) is 0 Å². The Labute approximate surface area is 153 Å². The lowest BCUT2D eigenvalue weighted by molar-refractivity contribution is 1.51. The van der Waals surface area contributed by atoms with Gasteiger partial charge in [-0.2, -0.15) is 0 Å². The van der Waals surface area contributed by atoms with Gasteiger partial charge in [0.1, 0.15) is 0 Å². The second-order valence-electron chi connectivity index (χ2n) is 7.32. The summed E-state index contributed by atoms with van der Waals surface area (Å²) in [7, 11) is 0.